The maximum absolute atomic E-state index is 12.9. The van der Waals surface area contributed by atoms with Crippen LogP contribution < -0.4 is 20.3 Å². The van der Waals surface area contributed by atoms with Gasteiger partial charge in [-0.3, -0.25) is 14.0 Å². The number of pyridine rings is 1. The van der Waals surface area contributed by atoms with Crippen molar-refractivity contribution in [2.45, 2.75) is 13.5 Å². The van der Waals surface area contributed by atoms with Gasteiger partial charge in [0.2, 0.25) is 0 Å². The van der Waals surface area contributed by atoms with E-state index >= 15 is 0 Å². The van der Waals surface area contributed by atoms with Crippen LogP contribution in [-0.4, -0.2) is 21.9 Å². The van der Waals surface area contributed by atoms with Crippen LogP contribution in [0.1, 0.15) is 11.3 Å². The van der Waals surface area contributed by atoms with E-state index in [9.17, 15) is 14.0 Å². The van der Waals surface area contributed by atoms with Crippen LogP contribution in [0.25, 0.3) is 5.65 Å². The fourth-order valence-electron chi connectivity index (χ4n) is 3.00. The number of fused-ring (bicyclic) bond motifs is 1. The van der Waals surface area contributed by atoms with Crippen molar-refractivity contribution >= 4 is 17.2 Å². The fraction of sp³-hybridized carbons (Fsp3) is 0.125. The number of ether oxygens (including phenoxy) is 2. The van der Waals surface area contributed by atoms with Gasteiger partial charge in [-0.2, -0.15) is 0 Å². The van der Waals surface area contributed by atoms with E-state index in [0.29, 0.717) is 28.5 Å². The van der Waals surface area contributed by atoms with E-state index in [1.54, 1.807) is 30.5 Å². The van der Waals surface area contributed by atoms with Crippen molar-refractivity contribution in [1.29, 1.82) is 0 Å². The zero-order chi connectivity index (χ0) is 22.5. The lowest BCUT2D eigenvalue weighted by Crippen LogP contribution is -2.20. The number of rotatable bonds is 7. The second-order valence-corrected chi connectivity index (χ2v) is 7.12. The molecule has 32 heavy (non-hydrogen) atoms. The molecule has 0 aliphatic carbocycles. The van der Waals surface area contributed by atoms with Crippen LogP contribution in [0, 0.1) is 12.7 Å². The van der Waals surface area contributed by atoms with E-state index < -0.39 is 0 Å². The first-order valence-corrected chi connectivity index (χ1v) is 9.86. The van der Waals surface area contributed by atoms with Gasteiger partial charge in [0.1, 0.15) is 29.6 Å². The first-order chi connectivity index (χ1) is 15.5. The minimum absolute atomic E-state index is 0.136. The van der Waals surface area contributed by atoms with Crippen molar-refractivity contribution in [2.24, 2.45) is 0 Å². The van der Waals surface area contributed by atoms with Crippen molar-refractivity contribution in [3.8, 4) is 11.5 Å². The number of amides is 1. The van der Waals surface area contributed by atoms with Crippen LogP contribution in [0.4, 0.5) is 10.1 Å². The zero-order valence-corrected chi connectivity index (χ0v) is 17.2. The Hall–Kier alpha value is -4.20. The summed E-state index contributed by atoms with van der Waals surface area (Å²) in [6, 6.07) is 17.3. The van der Waals surface area contributed by atoms with Crippen LogP contribution in [0.15, 0.2) is 77.7 Å². The number of halogens is 1. The Morgan fingerprint density at radius 2 is 1.69 bits per heavy atom. The molecule has 7 nitrogen and oxygen atoms in total. The third-order valence-electron chi connectivity index (χ3n) is 4.58. The van der Waals surface area contributed by atoms with Crippen LogP contribution in [-0.2, 0) is 11.4 Å². The molecule has 0 saturated heterocycles. The molecule has 0 atom stereocenters. The second kappa shape index (κ2) is 9.30. The van der Waals surface area contributed by atoms with Crippen LogP contribution in [0.3, 0.4) is 0 Å². The third kappa shape index (κ3) is 5.28. The second-order valence-electron chi connectivity index (χ2n) is 7.12. The van der Waals surface area contributed by atoms with E-state index in [-0.39, 0.29) is 30.5 Å². The summed E-state index contributed by atoms with van der Waals surface area (Å²) in [5.41, 5.74) is 2.50. The molecule has 0 saturated carbocycles. The first-order valence-electron chi connectivity index (χ1n) is 9.86. The third-order valence-corrected chi connectivity index (χ3v) is 4.58. The minimum Gasteiger partial charge on any atom is -0.487 e. The molecule has 1 N–H and O–H groups in total. The molecular weight excluding hydrogens is 413 g/mol. The van der Waals surface area contributed by atoms with Gasteiger partial charge in [0.15, 0.2) is 6.61 Å². The van der Waals surface area contributed by atoms with E-state index in [4.69, 9.17) is 9.47 Å². The van der Waals surface area contributed by atoms with Gasteiger partial charge in [-0.05, 0) is 73.2 Å². The molecule has 4 rings (SSSR count). The van der Waals surface area contributed by atoms with Crippen molar-refractivity contribution in [2.75, 3.05) is 11.9 Å². The van der Waals surface area contributed by atoms with Crippen LogP contribution >= 0.6 is 0 Å². The summed E-state index contributed by atoms with van der Waals surface area (Å²) >= 11 is 0. The minimum atomic E-state index is -0.372. The summed E-state index contributed by atoms with van der Waals surface area (Å²) in [7, 11) is 0. The number of benzene rings is 2. The molecule has 2 heterocycles. The van der Waals surface area contributed by atoms with E-state index in [1.807, 2.05) is 19.1 Å². The number of hydrogen-bond acceptors (Lipinski definition) is 5. The Kier molecular flexibility index (Phi) is 6.12. The van der Waals surface area contributed by atoms with Gasteiger partial charge in [0.25, 0.3) is 11.5 Å². The summed E-state index contributed by atoms with van der Waals surface area (Å²) < 4.78 is 25.4. The summed E-state index contributed by atoms with van der Waals surface area (Å²) in [5.74, 6) is 0.251. The lowest BCUT2D eigenvalue weighted by atomic mass is 10.3. The predicted molar refractivity (Wildman–Crippen MR) is 117 cm³/mol. The number of nitrogens with zero attached hydrogens (tertiary/aromatic N) is 2. The molecule has 4 aromatic rings. The maximum Gasteiger partial charge on any atom is 0.262 e. The molecule has 0 aliphatic heterocycles. The summed E-state index contributed by atoms with van der Waals surface area (Å²) in [6.07, 6.45) is 1.70. The monoisotopic (exact) mass is 433 g/mol. The van der Waals surface area contributed by atoms with Gasteiger partial charge in [-0.25, -0.2) is 9.37 Å². The normalized spacial score (nSPS) is 10.7. The Morgan fingerprint density at radius 3 is 2.44 bits per heavy atom. The molecule has 1 amide bonds. The van der Waals surface area contributed by atoms with Crippen molar-refractivity contribution in [1.82, 2.24) is 9.38 Å². The average molecular weight is 433 g/mol. The number of anilines is 1. The molecule has 0 spiro atoms. The Balaban J connectivity index is 1.32. The molecule has 0 fully saturated rings. The van der Waals surface area contributed by atoms with Gasteiger partial charge in [-0.15, -0.1) is 0 Å². The number of aromatic nitrogens is 2. The number of nitrogens with one attached hydrogen (secondary N) is 1. The van der Waals surface area contributed by atoms with Crippen LogP contribution in [0.2, 0.25) is 0 Å². The topological polar surface area (TPSA) is 81.9 Å². The van der Waals surface area contributed by atoms with Crippen molar-refractivity contribution in [3.05, 3.63) is 100 Å². The lowest BCUT2D eigenvalue weighted by molar-refractivity contribution is -0.118. The largest absolute Gasteiger partial charge is 0.487 e. The van der Waals surface area contributed by atoms with Crippen molar-refractivity contribution < 1.29 is 18.7 Å². The van der Waals surface area contributed by atoms with E-state index in [2.05, 4.69) is 10.3 Å². The number of hydrogen-bond donors (Lipinski definition) is 1. The van der Waals surface area contributed by atoms with Gasteiger partial charge in [0.05, 0.1) is 5.69 Å². The molecule has 8 heteroatoms. The molecular formula is C24H20FN3O4. The highest BCUT2D eigenvalue weighted by molar-refractivity contribution is 5.91. The molecule has 0 radical (unpaired) electrons. The predicted octanol–water partition coefficient (Wildman–Crippen LogP) is 3.74. The van der Waals surface area contributed by atoms with Crippen LogP contribution in [0.5, 0.6) is 11.5 Å². The Morgan fingerprint density at radius 1 is 1.00 bits per heavy atom. The fourth-order valence-corrected chi connectivity index (χ4v) is 3.00. The zero-order valence-electron chi connectivity index (χ0n) is 17.2. The van der Waals surface area contributed by atoms with E-state index in [1.165, 1.54) is 34.7 Å². The average Bonchev–Trinajstić information content (AvgIpc) is 2.78. The smallest absolute Gasteiger partial charge is 0.262 e. The molecule has 2 aromatic carbocycles. The highest BCUT2D eigenvalue weighted by Crippen LogP contribution is 2.17. The van der Waals surface area contributed by atoms with Gasteiger partial charge in [-0.1, -0.05) is 0 Å². The molecule has 0 aliphatic rings. The summed E-state index contributed by atoms with van der Waals surface area (Å²) in [6.45, 7) is 1.87. The standard InChI is InChI=1S/C24H20FN3O4/c1-16-10-11-28-22(12-16)26-19(13-24(28)30)14-31-21-8-4-18(5-9-21)27-23(29)15-32-20-6-2-17(25)3-7-20/h2-13H,14-15H2,1H3,(H,27,29). The highest BCUT2D eigenvalue weighted by atomic mass is 19.1. The summed E-state index contributed by atoms with van der Waals surface area (Å²) in [4.78, 5) is 28.7. The first kappa shape index (κ1) is 21.0. The molecule has 162 valence electrons. The lowest BCUT2D eigenvalue weighted by Gasteiger charge is -2.10. The molecule has 0 bridgehead atoms. The number of carbonyl (C=O) groups is 1. The Labute approximate surface area is 183 Å². The number of carbonyl (C=O) groups excluding carboxylic acids is 1. The SMILES string of the molecule is Cc1ccn2c(=O)cc(COc3ccc(NC(=O)COc4ccc(F)cc4)cc3)nc2c1. The molecule has 0 unspecified atom stereocenters. The highest BCUT2D eigenvalue weighted by Gasteiger charge is 2.06. The molecule has 2 aromatic heterocycles. The Bertz CT molecular complexity index is 1300. The quantitative estimate of drug-likeness (QED) is 0.480. The number of aryl methyl sites for hydroxylation is 1. The van der Waals surface area contributed by atoms with E-state index in [0.717, 1.165) is 5.56 Å². The van der Waals surface area contributed by atoms with Gasteiger partial charge < -0.3 is 14.8 Å². The summed E-state index contributed by atoms with van der Waals surface area (Å²) in [5, 5.41) is 2.71. The van der Waals surface area contributed by atoms with Crippen molar-refractivity contribution in [3.63, 3.8) is 0 Å². The maximum atomic E-state index is 12.9. The van der Waals surface area contributed by atoms with Gasteiger partial charge in [0, 0.05) is 18.0 Å². The van der Waals surface area contributed by atoms with Gasteiger partial charge >= 0.3 is 0 Å².